The molecule has 0 spiro atoms. The van der Waals surface area contributed by atoms with E-state index in [0.717, 1.165) is 40.1 Å². The van der Waals surface area contributed by atoms with Crippen LogP contribution in [0.2, 0.25) is 0 Å². The Morgan fingerprint density at radius 3 is 2.02 bits per heavy atom. The zero-order chi connectivity index (χ0) is 34.4. The Morgan fingerprint density at radius 2 is 1.25 bits per heavy atom. The normalized spacial score (nSPS) is 10.7. The predicted octanol–water partition coefficient (Wildman–Crippen LogP) is 11.8. The van der Waals surface area contributed by atoms with Crippen molar-refractivity contribution in [1.29, 1.82) is 0 Å². The topological polar surface area (TPSA) is 30.7 Å². The third kappa shape index (κ3) is 7.40. The Morgan fingerprint density at radius 1 is 0.558 bits per heavy atom. The predicted molar refractivity (Wildman–Crippen MR) is 211 cm³/mol. The molecular formula is C48H35IrN3-2. The quantitative estimate of drug-likeness (QED) is 0.156. The maximum absolute atomic E-state index is 4.67. The third-order valence-electron chi connectivity index (χ3n) is 9.14. The monoisotopic (exact) mass is 846 g/mol. The average molecular weight is 846 g/mol. The summed E-state index contributed by atoms with van der Waals surface area (Å²) in [6.07, 6.45) is 4.73. The molecule has 0 aliphatic heterocycles. The van der Waals surface area contributed by atoms with Crippen LogP contribution in [0.4, 0.5) is 0 Å². The molecule has 0 fully saturated rings. The fraction of sp³-hybridized carbons (Fsp3) is 0.0417. The first-order chi connectivity index (χ1) is 25.2. The molecule has 0 unspecified atom stereocenters. The fourth-order valence-electron chi connectivity index (χ4n) is 6.63. The van der Waals surface area contributed by atoms with Crippen molar-refractivity contribution in [1.82, 2.24) is 14.5 Å². The number of nitrogens with zero attached hydrogens (tertiary/aromatic N) is 3. The largest absolute Gasteiger partial charge is 0.351 e. The van der Waals surface area contributed by atoms with Gasteiger partial charge in [0.1, 0.15) is 0 Å². The Kier molecular flexibility index (Phi) is 10.6. The number of aryl methyl sites for hydroxylation is 1. The molecule has 9 aromatic rings. The van der Waals surface area contributed by atoms with Crippen LogP contribution in [0.3, 0.4) is 0 Å². The zero-order valence-electron chi connectivity index (χ0n) is 28.7. The molecule has 52 heavy (non-hydrogen) atoms. The van der Waals surface area contributed by atoms with Crippen molar-refractivity contribution in [2.75, 3.05) is 0 Å². The van der Waals surface area contributed by atoms with Gasteiger partial charge in [-0.3, -0.25) is 0 Å². The van der Waals surface area contributed by atoms with Crippen molar-refractivity contribution in [2.45, 2.75) is 13.3 Å². The Bertz CT molecular complexity index is 2550. The summed E-state index contributed by atoms with van der Waals surface area (Å²) in [6.45, 7) is 2.09. The molecule has 3 nitrogen and oxygen atoms in total. The summed E-state index contributed by atoms with van der Waals surface area (Å²) in [5, 5.41) is 2.45. The zero-order valence-corrected chi connectivity index (χ0v) is 31.1. The molecule has 0 saturated carbocycles. The minimum absolute atomic E-state index is 0. The number of hydrogen-bond acceptors (Lipinski definition) is 2. The average Bonchev–Trinajstić information content (AvgIpc) is 3.54. The third-order valence-corrected chi connectivity index (χ3v) is 9.14. The van der Waals surface area contributed by atoms with Gasteiger partial charge in [-0.1, -0.05) is 115 Å². The van der Waals surface area contributed by atoms with Crippen LogP contribution in [0, 0.1) is 19.1 Å². The van der Waals surface area contributed by atoms with Crippen molar-refractivity contribution in [3.63, 3.8) is 0 Å². The number of pyridine rings is 2. The summed E-state index contributed by atoms with van der Waals surface area (Å²) in [6, 6.07) is 65.4. The minimum Gasteiger partial charge on any atom is -0.351 e. The molecule has 0 amide bonds. The molecule has 0 atom stereocenters. The van der Waals surface area contributed by atoms with Crippen LogP contribution in [0.1, 0.15) is 16.7 Å². The van der Waals surface area contributed by atoms with Crippen LogP contribution in [0.15, 0.2) is 182 Å². The summed E-state index contributed by atoms with van der Waals surface area (Å²) in [4.78, 5) is 9.17. The number of para-hydroxylation sites is 2. The molecule has 9 rings (SSSR count). The van der Waals surface area contributed by atoms with E-state index >= 15 is 0 Å². The summed E-state index contributed by atoms with van der Waals surface area (Å²) in [5.74, 6) is 0. The summed E-state index contributed by atoms with van der Waals surface area (Å²) in [5.41, 5.74) is 13.7. The van der Waals surface area contributed by atoms with Gasteiger partial charge in [0.15, 0.2) is 0 Å². The summed E-state index contributed by atoms with van der Waals surface area (Å²) >= 11 is 0. The van der Waals surface area contributed by atoms with E-state index in [1.54, 1.807) is 0 Å². The number of hydrogen-bond donors (Lipinski definition) is 0. The molecule has 1 radical (unpaired) electrons. The summed E-state index contributed by atoms with van der Waals surface area (Å²) < 4.78 is 2.31. The summed E-state index contributed by atoms with van der Waals surface area (Å²) in [7, 11) is 0. The van der Waals surface area contributed by atoms with Crippen LogP contribution < -0.4 is 0 Å². The van der Waals surface area contributed by atoms with Gasteiger partial charge >= 0.3 is 0 Å². The molecule has 0 aliphatic carbocycles. The standard InChI is InChI=1S/C30H21N2.C18H14N.Ir/c1-3-9-22(10-4-1)19-23-17-18-31-28(20-23)24-15-16-30-27(21-24)26-13-7-8-14-29(26)32(30)25-11-5-2-6-12-25;1-14-13-19-18(16-10-6-3-7-11-16)12-17(14)15-8-4-2-5-9-15;/h1-14,16-18,20-21H,19H2;2-10,12-13H,1H3;/q2*-1;. The van der Waals surface area contributed by atoms with E-state index in [2.05, 4.69) is 173 Å². The van der Waals surface area contributed by atoms with Crippen molar-refractivity contribution in [3.8, 4) is 39.3 Å². The first kappa shape index (κ1) is 34.5. The second kappa shape index (κ2) is 16.0. The van der Waals surface area contributed by atoms with E-state index in [1.165, 1.54) is 44.1 Å². The van der Waals surface area contributed by atoms with Crippen LogP contribution in [0.5, 0.6) is 0 Å². The Labute approximate surface area is 318 Å². The van der Waals surface area contributed by atoms with E-state index in [0.29, 0.717) is 0 Å². The van der Waals surface area contributed by atoms with Crippen LogP contribution in [0.25, 0.3) is 61.1 Å². The van der Waals surface area contributed by atoms with Gasteiger partial charge in [-0.05, 0) is 87.7 Å². The first-order valence-corrected chi connectivity index (χ1v) is 17.2. The number of fused-ring (bicyclic) bond motifs is 3. The van der Waals surface area contributed by atoms with Gasteiger partial charge in [0.05, 0.1) is 0 Å². The van der Waals surface area contributed by atoms with E-state index in [-0.39, 0.29) is 20.1 Å². The Balaban J connectivity index is 0.000000180. The molecule has 6 aromatic carbocycles. The maximum Gasteiger partial charge on any atom is 0.0436 e. The molecule has 3 aromatic heterocycles. The van der Waals surface area contributed by atoms with Crippen molar-refractivity contribution >= 4 is 21.8 Å². The minimum atomic E-state index is 0. The van der Waals surface area contributed by atoms with Gasteiger partial charge in [0, 0.05) is 43.7 Å². The second-order valence-electron chi connectivity index (χ2n) is 12.6. The van der Waals surface area contributed by atoms with Crippen LogP contribution in [-0.2, 0) is 26.5 Å². The van der Waals surface area contributed by atoms with Crippen molar-refractivity contribution in [2.24, 2.45) is 0 Å². The number of rotatable bonds is 6. The second-order valence-corrected chi connectivity index (χ2v) is 12.6. The molecule has 0 saturated heterocycles. The molecule has 4 heteroatoms. The van der Waals surface area contributed by atoms with Gasteiger partial charge in [-0.25, -0.2) is 0 Å². The van der Waals surface area contributed by atoms with E-state index in [9.17, 15) is 0 Å². The molecular weight excluding hydrogens is 811 g/mol. The van der Waals surface area contributed by atoms with E-state index in [1.807, 2.05) is 42.7 Å². The molecule has 3 heterocycles. The first-order valence-electron chi connectivity index (χ1n) is 17.2. The van der Waals surface area contributed by atoms with Gasteiger partial charge in [0.25, 0.3) is 0 Å². The van der Waals surface area contributed by atoms with Gasteiger partial charge < -0.3 is 14.5 Å². The van der Waals surface area contributed by atoms with Gasteiger partial charge in [0.2, 0.25) is 0 Å². The van der Waals surface area contributed by atoms with E-state index < -0.39 is 0 Å². The smallest absolute Gasteiger partial charge is 0.0436 e. The SMILES string of the molecule is Cc1cnc(-c2[c-]cccc2)cc1-c1ccccc1.[Ir].[c-]1cc2c(cc1-c1cc(Cc3ccccc3)ccn1)c1ccccc1n2-c1ccccc1. The Hall–Kier alpha value is -5.93. The molecule has 0 N–H and O–H groups in total. The van der Waals surface area contributed by atoms with Crippen molar-refractivity contribution < 1.29 is 20.1 Å². The van der Waals surface area contributed by atoms with Crippen LogP contribution >= 0.6 is 0 Å². The number of aromatic nitrogens is 3. The van der Waals surface area contributed by atoms with E-state index in [4.69, 9.17) is 0 Å². The van der Waals surface area contributed by atoms with Crippen molar-refractivity contribution in [3.05, 3.63) is 211 Å². The number of benzene rings is 6. The van der Waals surface area contributed by atoms with Crippen LogP contribution in [-0.4, -0.2) is 14.5 Å². The molecule has 0 bridgehead atoms. The van der Waals surface area contributed by atoms with Gasteiger partial charge in [-0.15, -0.1) is 59.7 Å². The molecule has 0 aliphatic rings. The van der Waals surface area contributed by atoms with Gasteiger partial charge in [-0.2, -0.15) is 0 Å². The molecule has 253 valence electrons. The fourth-order valence-corrected chi connectivity index (χ4v) is 6.63. The maximum atomic E-state index is 4.67.